The minimum absolute atomic E-state index is 0.361. The summed E-state index contributed by atoms with van der Waals surface area (Å²) in [6, 6.07) is 4.75. The number of hydrogen-bond donors (Lipinski definition) is 2. The summed E-state index contributed by atoms with van der Waals surface area (Å²) >= 11 is 0. The van der Waals surface area contributed by atoms with Gasteiger partial charge in [-0.05, 0) is 24.3 Å². The van der Waals surface area contributed by atoms with Gasteiger partial charge in [0.15, 0.2) is 0 Å². The number of anilines is 1. The molecule has 0 saturated heterocycles. The lowest BCUT2D eigenvalue weighted by atomic mass is 10.3. The van der Waals surface area contributed by atoms with E-state index in [9.17, 15) is 9.18 Å². The van der Waals surface area contributed by atoms with E-state index >= 15 is 0 Å². The van der Waals surface area contributed by atoms with Crippen molar-refractivity contribution >= 4 is 18.1 Å². The number of carbonyl (C=O) groups is 1. The van der Waals surface area contributed by atoms with Gasteiger partial charge in [0.05, 0.1) is 6.34 Å². The van der Waals surface area contributed by atoms with Crippen LogP contribution in [0.2, 0.25) is 0 Å². The van der Waals surface area contributed by atoms with Gasteiger partial charge >= 0.3 is 6.03 Å². The predicted molar refractivity (Wildman–Crippen MR) is 48.1 cm³/mol. The fourth-order valence-electron chi connectivity index (χ4n) is 0.757. The lowest BCUT2D eigenvalue weighted by molar-refractivity contribution is 0.259. The van der Waals surface area contributed by atoms with E-state index in [1.54, 1.807) is 0 Å². The van der Waals surface area contributed by atoms with Crippen LogP contribution in [0.3, 0.4) is 0 Å². The van der Waals surface area contributed by atoms with E-state index in [1.165, 1.54) is 24.3 Å². The lowest BCUT2D eigenvalue weighted by Crippen LogP contribution is -2.07. The highest BCUT2D eigenvalue weighted by atomic mass is 19.1. The summed E-state index contributed by atoms with van der Waals surface area (Å²) in [5.41, 5.74) is 5.36. The maximum absolute atomic E-state index is 12.4. The molecule has 5 heteroatoms. The van der Waals surface area contributed by atoms with Gasteiger partial charge in [0.2, 0.25) is 0 Å². The zero-order valence-electron chi connectivity index (χ0n) is 6.70. The first kappa shape index (κ1) is 9.18. The van der Waals surface area contributed by atoms with Crippen LogP contribution < -0.4 is 11.1 Å². The third kappa shape index (κ3) is 2.90. The van der Waals surface area contributed by atoms with Gasteiger partial charge in [-0.1, -0.05) is 0 Å². The fraction of sp³-hybridized carbons (Fsp3) is 0. The summed E-state index contributed by atoms with van der Waals surface area (Å²) in [6.45, 7) is 0. The van der Waals surface area contributed by atoms with Crippen LogP contribution >= 0.6 is 0 Å². The fourth-order valence-corrected chi connectivity index (χ4v) is 0.757. The average molecular weight is 181 g/mol. The normalized spacial score (nSPS) is 10.2. The molecule has 68 valence electrons. The van der Waals surface area contributed by atoms with Crippen molar-refractivity contribution in [3.8, 4) is 0 Å². The van der Waals surface area contributed by atoms with Crippen LogP contribution in [0.15, 0.2) is 29.3 Å². The molecule has 0 aromatic heterocycles. The molecule has 13 heavy (non-hydrogen) atoms. The minimum Gasteiger partial charge on any atom is -0.390 e. The monoisotopic (exact) mass is 181 g/mol. The molecule has 1 rings (SSSR count). The molecule has 0 aliphatic heterocycles. The summed E-state index contributed by atoms with van der Waals surface area (Å²) in [6.07, 6.45) is 0.888. The van der Waals surface area contributed by atoms with Gasteiger partial charge in [0.1, 0.15) is 5.82 Å². The zero-order valence-corrected chi connectivity index (χ0v) is 6.70. The van der Waals surface area contributed by atoms with Gasteiger partial charge in [-0.3, -0.25) is 0 Å². The Morgan fingerprint density at radius 1 is 1.46 bits per heavy atom. The Labute approximate surface area is 74.3 Å². The van der Waals surface area contributed by atoms with Gasteiger partial charge < -0.3 is 11.1 Å². The van der Waals surface area contributed by atoms with Crippen LogP contribution in [0.4, 0.5) is 14.9 Å². The number of aliphatic imine (C=N–C) groups is 1. The van der Waals surface area contributed by atoms with E-state index < -0.39 is 6.03 Å². The Balaban J connectivity index is 2.64. The Morgan fingerprint density at radius 2 is 2.08 bits per heavy atom. The molecule has 0 saturated carbocycles. The second-order valence-corrected chi connectivity index (χ2v) is 2.22. The minimum atomic E-state index is -0.589. The summed E-state index contributed by atoms with van der Waals surface area (Å²) in [7, 11) is 0. The molecular weight excluding hydrogens is 173 g/mol. The average Bonchev–Trinajstić information content (AvgIpc) is 2.09. The van der Waals surface area contributed by atoms with Crippen molar-refractivity contribution in [1.29, 1.82) is 0 Å². The Hall–Kier alpha value is -1.91. The third-order valence-corrected chi connectivity index (χ3v) is 1.29. The number of nitrogens with two attached hydrogens (primary N) is 1. The van der Waals surface area contributed by atoms with E-state index in [2.05, 4.69) is 10.3 Å². The van der Waals surface area contributed by atoms with Crippen molar-refractivity contribution in [3.63, 3.8) is 0 Å². The quantitative estimate of drug-likeness (QED) is 0.507. The molecule has 0 unspecified atom stereocenters. The third-order valence-electron chi connectivity index (χ3n) is 1.29. The summed E-state index contributed by atoms with van der Waals surface area (Å²) < 4.78 is 12.4. The molecule has 0 bridgehead atoms. The van der Waals surface area contributed by atoms with Gasteiger partial charge in [-0.15, -0.1) is 0 Å². The number of amides is 2. The zero-order chi connectivity index (χ0) is 9.68. The smallest absolute Gasteiger partial charge is 0.346 e. The molecule has 0 aliphatic rings. The lowest BCUT2D eigenvalue weighted by Gasteiger charge is -1.99. The van der Waals surface area contributed by atoms with Gasteiger partial charge in [-0.25, -0.2) is 9.18 Å². The molecule has 0 spiro atoms. The van der Waals surface area contributed by atoms with E-state index in [1.807, 2.05) is 0 Å². The van der Waals surface area contributed by atoms with Crippen LogP contribution in [-0.4, -0.2) is 12.4 Å². The maximum Gasteiger partial charge on any atom is 0.346 e. The molecule has 1 aromatic rings. The Bertz CT molecular complexity index is 321. The number of urea groups is 1. The van der Waals surface area contributed by atoms with Crippen LogP contribution in [0, 0.1) is 5.82 Å². The highest BCUT2D eigenvalue weighted by Gasteiger charge is 1.97. The van der Waals surface area contributed by atoms with Crippen molar-refractivity contribution < 1.29 is 9.18 Å². The Morgan fingerprint density at radius 3 is 2.62 bits per heavy atom. The van der Waals surface area contributed by atoms with Crippen molar-refractivity contribution in [2.45, 2.75) is 0 Å². The molecule has 0 aliphatic carbocycles. The van der Waals surface area contributed by atoms with Crippen molar-refractivity contribution in [1.82, 2.24) is 0 Å². The number of hydrogen-bond acceptors (Lipinski definition) is 1. The topological polar surface area (TPSA) is 67.5 Å². The molecule has 4 nitrogen and oxygen atoms in total. The second kappa shape index (κ2) is 4.20. The first-order valence-corrected chi connectivity index (χ1v) is 3.53. The Kier molecular flexibility index (Phi) is 2.97. The van der Waals surface area contributed by atoms with Crippen LogP contribution in [0.1, 0.15) is 0 Å². The first-order chi connectivity index (χ1) is 6.22. The number of nitrogens with zero attached hydrogens (tertiary/aromatic N) is 1. The summed E-state index contributed by atoms with van der Waals surface area (Å²) in [5.74, 6) is -0.361. The van der Waals surface area contributed by atoms with Gasteiger partial charge in [0, 0.05) is 5.69 Å². The number of benzene rings is 1. The molecule has 0 radical (unpaired) electrons. The number of nitrogens with one attached hydrogen (secondary N) is 1. The molecule has 0 heterocycles. The van der Waals surface area contributed by atoms with E-state index in [-0.39, 0.29) is 5.82 Å². The molecule has 3 N–H and O–H groups in total. The number of halogens is 1. The predicted octanol–water partition coefficient (Wildman–Crippen LogP) is 1.34. The number of carbonyl (C=O) groups excluding carboxylic acids is 1. The van der Waals surface area contributed by atoms with Crippen LogP contribution in [0.5, 0.6) is 0 Å². The van der Waals surface area contributed by atoms with E-state index in [4.69, 9.17) is 5.73 Å². The standard InChI is InChI=1S/C8H8FN3O/c9-6-1-3-7(4-2-6)12-8(13)11-5-10/h1-5H,(H3,10,11,12,13). The summed E-state index contributed by atoms with van der Waals surface area (Å²) in [5, 5.41) is 2.39. The molecule has 0 fully saturated rings. The highest BCUT2D eigenvalue weighted by molar-refractivity contribution is 5.93. The van der Waals surface area contributed by atoms with E-state index in [0.717, 1.165) is 6.34 Å². The molecule has 1 aromatic carbocycles. The maximum atomic E-state index is 12.4. The summed E-state index contributed by atoms with van der Waals surface area (Å²) in [4.78, 5) is 14.1. The van der Waals surface area contributed by atoms with Crippen molar-refractivity contribution in [2.75, 3.05) is 5.32 Å². The van der Waals surface area contributed by atoms with Crippen molar-refractivity contribution in [3.05, 3.63) is 30.1 Å². The van der Waals surface area contributed by atoms with Crippen LogP contribution in [0.25, 0.3) is 0 Å². The molecule has 2 amide bonds. The van der Waals surface area contributed by atoms with Crippen molar-refractivity contribution in [2.24, 2.45) is 10.7 Å². The second-order valence-electron chi connectivity index (χ2n) is 2.22. The first-order valence-electron chi connectivity index (χ1n) is 3.53. The number of rotatable bonds is 1. The van der Waals surface area contributed by atoms with Crippen LogP contribution in [-0.2, 0) is 0 Å². The van der Waals surface area contributed by atoms with Gasteiger partial charge in [-0.2, -0.15) is 4.99 Å². The largest absolute Gasteiger partial charge is 0.390 e. The SMILES string of the molecule is NC=NC(=O)Nc1ccc(F)cc1. The van der Waals surface area contributed by atoms with E-state index in [0.29, 0.717) is 5.69 Å². The van der Waals surface area contributed by atoms with Gasteiger partial charge in [0.25, 0.3) is 0 Å². The molecule has 0 atom stereocenters. The highest BCUT2D eigenvalue weighted by Crippen LogP contribution is 2.07. The molecular formula is C8H8FN3O.